The van der Waals surface area contributed by atoms with Crippen LogP contribution in [0.4, 0.5) is 0 Å². The highest BCUT2D eigenvalue weighted by Crippen LogP contribution is 2.34. The van der Waals surface area contributed by atoms with Crippen molar-refractivity contribution in [2.75, 3.05) is 13.2 Å². The van der Waals surface area contributed by atoms with Gasteiger partial charge in [0.2, 0.25) is 5.91 Å². The summed E-state index contributed by atoms with van der Waals surface area (Å²) in [7, 11) is 1.83. The van der Waals surface area contributed by atoms with E-state index in [9.17, 15) is 9.90 Å². The highest BCUT2D eigenvalue weighted by Gasteiger charge is 2.37. The normalized spacial score (nSPS) is 23.6. The number of aryl methyl sites for hydroxylation is 1. The Balaban J connectivity index is 1.63. The van der Waals surface area contributed by atoms with E-state index >= 15 is 0 Å². The molecule has 1 aliphatic heterocycles. The highest BCUT2D eigenvalue weighted by atomic mass is 16.5. The number of nitrogens with one attached hydrogen (secondary N) is 1. The average Bonchev–Trinajstić information content (AvgIpc) is 3.24. The Kier molecular flexibility index (Phi) is 4.23. The molecule has 2 aromatic heterocycles. The summed E-state index contributed by atoms with van der Waals surface area (Å²) in [5, 5.41) is 17.3. The van der Waals surface area contributed by atoms with Gasteiger partial charge in [-0.3, -0.25) is 9.48 Å². The molecule has 7 nitrogen and oxygen atoms in total. The van der Waals surface area contributed by atoms with E-state index in [4.69, 9.17) is 9.15 Å². The maximum Gasteiger partial charge on any atom is 0.226 e. The summed E-state index contributed by atoms with van der Waals surface area (Å²) in [5.41, 5.74) is -0.356. The Morgan fingerprint density at radius 2 is 2.43 bits per heavy atom. The van der Waals surface area contributed by atoms with Crippen molar-refractivity contribution >= 4 is 5.91 Å². The molecule has 0 spiro atoms. The molecule has 3 atom stereocenters. The molecule has 0 aromatic carbocycles. The fourth-order valence-corrected chi connectivity index (χ4v) is 2.84. The van der Waals surface area contributed by atoms with E-state index in [0.717, 1.165) is 5.56 Å². The van der Waals surface area contributed by atoms with E-state index in [0.29, 0.717) is 18.8 Å². The van der Waals surface area contributed by atoms with Gasteiger partial charge in [0.25, 0.3) is 0 Å². The Labute approximate surface area is 134 Å². The molecule has 1 aliphatic rings. The van der Waals surface area contributed by atoms with Crippen molar-refractivity contribution in [1.29, 1.82) is 0 Å². The molecule has 0 saturated carbocycles. The predicted octanol–water partition coefficient (Wildman–Crippen LogP) is 1.11. The SMILES string of the molecule is Cn1cc([C@H]2OCC[C@@H]2C(=O)NC[C@@](C)(O)c2ccco2)cn1. The zero-order valence-corrected chi connectivity index (χ0v) is 13.2. The van der Waals surface area contributed by atoms with Crippen molar-refractivity contribution < 1.29 is 19.1 Å². The van der Waals surface area contributed by atoms with Gasteiger partial charge in [-0.1, -0.05) is 0 Å². The Bertz CT molecular complexity index is 663. The molecule has 2 aromatic rings. The van der Waals surface area contributed by atoms with Gasteiger partial charge >= 0.3 is 0 Å². The van der Waals surface area contributed by atoms with Crippen molar-refractivity contribution in [2.24, 2.45) is 13.0 Å². The van der Waals surface area contributed by atoms with Crippen molar-refractivity contribution in [2.45, 2.75) is 25.0 Å². The molecule has 23 heavy (non-hydrogen) atoms. The second-order valence-electron chi connectivity index (χ2n) is 6.10. The van der Waals surface area contributed by atoms with Crippen LogP contribution in [0.1, 0.15) is 30.8 Å². The Hall–Kier alpha value is -2.12. The second-order valence-corrected chi connectivity index (χ2v) is 6.10. The number of carbonyl (C=O) groups is 1. The molecule has 1 fully saturated rings. The zero-order chi connectivity index (χ0) is 16.4. The number of amides is 1. The quantitative estimate of drug-likeness (QED) is 0.862. The number of furan rings is 1. The van der Waals surface area contributed by atoms with Crippen molar-refractivity contribution in [3.8, 4) is 0 Å². The minimum Gasteiger partial charge on any atom is -0.466 e. The molecule has 0 unspecified atom stereocenters. The van der Waals surface area contributed by atoms with Gasteiger partial charge in [0.1, 0.15) is 11.4 Å². The molecule has 7 heteroatoms. The van der Waals surface area contributed by atoms with Crippen LogP contribution in [0.25, 0.3) is 0 Å². The van der Waals surface area contributed by atoms with E-state index in [-0.39, 0.29) is 24.5 Å². The number of ether oxygens (including phenoxy) is 1. The number of hydrogen-bond donors (Lipinski definition) is 2. The van der Waals surface area contributed by atoms with Crippen LogP contribution in [0, 0.1) is 5.92 Å². The first-order chi connectivity index (χ1) is 11.0. The molecule has 2 N–H and O–H groups in total. The fourth-order valence-electron chi connectivity index (χ4n) is 2.84. The number of rotatable bonds is 5. The molecule has 0 aliphatic carbocycles. The minimum absolute atomic E-state index is 0.0790. The molecule has 0 radical (unpaired) electrons. The topological polar surface area (TPSA) is 89.5 Å². The lowest BCUT2D eigenvalue weighted by Gasteiger charge is -2.23. The molecular weight excluding hydrogens is 298 g/mol. The molecule has 0 bridgehead atoms. The van der Waals surface area contributed by atoms with Crippen LogP contribution in [0.2, 0.25) is 0 Å². The lowest BCUT2D eigenvalue weighted by molar-refractivity contribution is -0.128. The lowest BCUT2D eigenvalue weighted by atomic mass is 9.95. The van der Waals surface area contributed by atoms with Crippen LogP contribution >= 0.6 is 0 Å². The minimum atomic E-state index is -1.25. The van der Waals surface area contributed by atoms with Gasteiger partial charge < -0.3 is 19.6 Å². The number of hydrogen-bond acceptors (Lipinski definition) is 5. The van der Waals surface area contributed by atoms with Crippen LogP contribution in [0.3, 0.4) is 0 Å². The zero-order valence-electron chi connectivity index (χ0n) is 13.2. The predicted molar refractivity (Wildman–Crippen MR) is 81.3 cm³/mol. The molecule has 3 heterocycles. The number of aliphatic hydroxyl groups is 1. The Morgan fingerprint density at radius 1 is 1.61 bits per heavy atom. The van der Waals surface area contributed by atoms with Gasteiger partial charge in [0.15, 0.2) is 0 Å². The van der Waals surface area contributed by atoms with Gasteiger partial charge in [-0.2, -0.15) is 5.10 Å². The number of aromatic nitrogens is 2. The van der Waals surface area contributed by atoms with Crippen LogP contribution < -0.4 is 5.32 Å². The first-order valence-electron chi connectivity index (χ1n) is 7.61. The van der Waals surface area contributed by atoms with Gasteiger partial charge in [0, 0.05) is 25.4 Å². The monoisotopic (exact) mass is 319 g/mol. The third-order valence-corrected chi connectivity index (χ3v) is 4.14. The van der Waals surface area contributed by atoms with Crippen LogP contribution in [0.5, 0.6) is 0 Å². The van der Waals surface area contributed by atoms with E-state index in [1.807, 2.05) is 13.2 Å². The largest absolute Gasteiger partial charge is 0.466 e. The molecular formula is C16H21N3O4. The summed E-state index contributed by atoms with van der Waals surface area (Å²) in [5.74, 6) is -0.000864. The van der Waals surface area contributed by atoms with Crippen molar-refractivity contribution in [3.05, 3.63) is 42.1 Å². The first kappa shape index (κ1) is 15.8. The number of nitrogens with zero attached hydrogens (tertiary/aromatic N) is 2. The van der Waals surface area contributed by atoms with Gasteiger partial charge in [-0.15, -0.1) is 0 Å². The van der Waals surface area contributed by atoms with Gasteiger partial charge in [-0.05, 0) is 25.5 Å². The summed E-state index contributed by atoms with van der Waals surface area (Å²) in [6.07, 6.45) is 5.42. The lowest BCUT2D eigenvalue weighted by Crippen LogP contribution is -2.41. The summed E-state index contributed by atoms with van der Waals surface area (Å²) in [6, 6.07) is 3.39. The Morgan fingerprint density at radius 3 is 3.09 bits per heavy atom. The van der Waals surface area contributed by atoms with Crippen molar-refractivity contribution in [3.63, 3.8) is 0 Å². The van der Waals surface area contributed by atoms with E-state index < -0.39 is 5.60 Å². The standard InChI is InChI=1S/C16H21N3O4/c1-16(21,13-4-3-6-22-13)10-17-15(20)12-5-7-23-14(12)11-8-18-19(2)9-11/h3-4,6,8-9,12,14,21H,5,7,10H2,1-2H3,(H,17,20)/t12-,14+,16+/m0/s1. The van der Waals surface area contributed by atoms with Crippen molar-refractivity contribution in [1.82, 2.24) is 15.1 Å². The summed E-state index contributed by atoms with van der Waals surface area (Å²) < 4.78 is 12.6. The molecule has 1 saturated heterocycles. The summed E-state index contributed by atoms with van der Waals surface area (Å²) in [4.78, 5) is 12.5. The maximum absolute atomic E-state index is 12.5. The van der Waals surface area contributed by atoms with E-state index in [1.54, 1.807) is 29.9 Å². The second kappa shape index (κ2) is 6.17. The molecule has 124 valence electrons. The van der Waals surface area contributed by atoms with Gasteiger partial charge in [-0.25, -0.2) is 0 Å². The van der Waals surface area contributed by atoms with Gasteiger partial charge in [0.05, 0.1) is 31.0 Å². The van der Waals surface area contributed by atoms with E-state index in [2.05, 4.69) is 10.4 Å². The highest BCUT2D eigenvalue weighted by molar-refractivity contribution is 5.79. The summed E-state index contributed by atoms with van der Waals surface area (Å²) in [6.45, 7) is 2.22. The third kappa shape index (κ3) is 3.30. The molecule has 3 rings (SSSR count). The van der Waals surface area contributed by atoms with Crippen LogP contribution in [-0.2, 0) is 22.2 Å². The summed E-state index contributed by atoms with van der Waals surface area (Å²) >= 11 is 0. The van der Waals surface area contributed by atoms with Crippen LogP contribution in [0.15, 0.2) is 35.2 Å². The van der Waals surface area contributed by atoms with Crippen LogP contribution in [-0.4, -0.2) is 33.9 Å². The fraction of sp³-hybridized carbons (Fsp3) is 0.500. The smallest absolute Gasteiger partial charge is 0.226 e. The average molecular weight is 319 g/mol. The number of carbonyl (C=O) groups excluding carboxylic acids is 1. The maximum atomic E-state index is 12.5. The molecule has 1 amide bonds. The first-order valence-corrected chi connectivity index (χ1v) is 7.61. The third-order valence-electron chi connectivity index (χ3n) is 4.14. The van der Waals surface area contributed by atoms with E-state index in [1.165, 1.54) is 6.26 Å².